The van der Waals surface area contributed by atoms with Gasteiger partial charge in [0.1, 0.15) is 5.71 Å². The first-order valence-electron chi connectivity index (χ1n) is 11.9. The largest absolute Gasteiger partial charge is 0.393 e. The summed E-state index contributed by atoms with van der Waals surface area (Å²) in [6.45, 7) is 3.24. The lowest BCUT2D eigenvalue weighted by atomic mass is 9.94. The van der Waals surface area contributed by atoms with Gasteiger partial charge in [-0.05, 0) is 66.6 Å². The molecule has 174 valence electrons. The Morgan fingerprint density at radius 1 is 1.06 bits per heavy atom. The molecule has 0 aliphatic carbocycles. The number of carbonyl (C=O) groups excluding carboxylic acids is 1. The maximum Gasteiger partial charge on any atom is 0.274 e. The first-order chi connectivity index (χ1) is 16.7. The second kappa shape index (κ2) is 10.2. The van der Waals surface area contributed by atoms with Gasteiger partial charge in [-0.15, -0.1) is 0 Å². The van der Waals surface area contributed by atoms with Gasteiger partial charge in [0.2, 0.25) is 0 Å². The van der Waals surface area contributed by atoms with Crippen LogP contribution in [0.15, 0.2) is 66.2 Å². The molecule has 2 N–H and O–H groups in total. The summed E-state index contributed by atoms with van der Waals surface area (Å²) in [7, 11) is 0. The molecule has 0 saturated carbocycles. The van der Waals surface area contributed by atoms with E-state index in [1.165, 1.54) is 0 Å². The van der Waals surface area contributed by atoms with E-state index >= 15 is 0 Å². The summed E-state index contributed by atoms with van der Waals surface area (Å²) in [6.07, 6.45) is 10.4. The van der Waals surface area contributed by atoms with Gasteiger partial charge in [0.15, 0.2) is 0 Å². The third kappa shape index (κ3) is 5.21. The molecule has 0 atom stereocenters. The number of aliphatic hydroxyl groups is 1. The molecule has 1 aromatic carbocycles. The normalized spacial score (nSPS) is 16.9. The van der Waals surface area contributed by atoms with Crippen LogP contribution < -0.4 is 5.32 Å². The summed E-state index contributed by atoms with van der Waals surface area (Å²) in [5, 5.41) is 12.7. The molecule has 7 heteroatoms. The van der Waals surface area contributed by atoms with Gasteiger partial charge in [0.05, 0.1) is 18.0 Å². The summed E-state index contributed by atoms with van der Waals surface area (Å²) in [5.74, 6) is -0.215. The van der Waals surface area contributed by atoms with Crippen LogP contribution in [0.2, 0.25) is 0 Å². The zero-order valence-corrected chi connectivity index (χ0v) is 19.2. The Morgan fingerprint density at radius 2 is 1.94 bits per heavy atom. The van der Waals surface area contributed by atoms with E-state index < -0.39 is 0 Å². The van der Waals surface area contributed by atoms with Gasteiger partial charge in [-0.25, -0.2) is 0 Å². The topological polar surface area (TPSA) is 90.7 Å². The fraction of sp³-hybridized carbons (Fsp3) is 0.333. The van der Waals surface area contributed by atoms with E-state index in [9.17, 15) is 9.90 Å². The van der Waals surface area contributed by atoms with Crippen LogP contribution in [0.25, 0.3) is 11.1 Å². The number of likely N-dealkylation sites (tertiary alicyclic amines) is 1. The number of hydrogen-bond acceptors (Lipinski definition) is 6. The summed E-state index contributed by atoms with van der Waals surface area (Å²) in [6, 6.07) is 12.1. The number of aliphatic hydroxyl groups excluding tert-OH is 1. The van der Waals surface area contributed by atoms with E-state index in [4.69, 9.17) is 0 Å². The molecule has 2 aliphatic rings. The summed E-state index contributed by atoms with van der Waals surface area (Å²) in [5.41, 5.74) is 6.32. The van der Waals surface area contributed by atoms with Crippen molar-refractivity contribution in [1.29, 1.82) is 0 Å². The number of aryl methyl sites for hydroxylation is 1. The second-order valence-corrected chi connectivity index (χ2v) is 8.99. The molecule has 3 aromatic rings. The molecule has 1 amide bonds. The number of aromatic nitrogens is 2. The van der Waals surface area contributed by atoms with E-state index in [0.29, 0.717) is 17.9 Å². The lowest BCUT2D eigenvalue weighted by Gasteiger charge is -2.29. The number of rotatable bonds is 5. The van der Waals surface area contributed by atoms with Crippen molar-refractivity contribution in [2.24, 2.45) is 4.99 Å². The number of anilines is 1. The van der Waals surface area contributed by atoms with Crippen LogP contribution in [0.1, 0.15) is 36.0 Å². The van der Waals surface area contributed by atoms with Gasteiger partial charge >= 0.3 is 0 Å². The van der Waals surface area contributed by atoms with Gasteiger partial charge < -0.3 is 10.4 Å². The maximum absolute atomic E-state index is 13.1. The Balaban J connectivity index is 1.40. The quantitative estimate of drug-likeness (QED) is 0.615. The highest BCUT2D eigenvalue weighted by Gasteiger charge is 2.21. The van der Waals surface area contributed by atoms with Crippen molar-refractivity contribution in [1.82, 2.24) is 14.9 Å². The molecule has 0 bridgehead atoms. The van der Waals surface area contributed by atoms with Crippen molar-refractivity contribution in [2.45, 2.75) is 38.3 Å². The number of fused-ring (bicyclic) bond motifs is 1. The predicted molar refractivity (Wildman–Crippen MR) is 133 cm³/mol. The third-order valence-corrected chi connectivity index (χ3v) is 6.47. The number of amides is 1. The van der Waals surface area contributed by atoms with Crippen LogP contribution >= 0.6 is 0 Å². The number of hydrogen-bond donors (Lipinski definition) is 2. The lowest BCUT2D eigenvalue weighted by Crippen LogP contribution is -2.35. The smallest absolute Gasteiger partial charge is 0.274 e. The molecule has 1 saturated heterocycles. The van der Waals surface area contributed by atoms with Crippen LogP contribution in [0, 0.1) is 0 Å². The number of benzene rings is 1. The van der Waals surface area contributed by atoms with E-state index in [1.807, 2.05) is 18.5 Å². The Kier molecular flexibility index (Phi) is 6.74. The van der Waals surface area contributed by atoms with E-state index in [1.54, 1.807) is 18.5 Å². The molecule has 1 fully saturated rings. The van der Waals surface area contributed by atoms with Crippen molar-refractivity contribution in [3.05, 3.63) is 77.9 Å². The molecule has 5 rings (SSSR count). The Hall–Kier alpha value is -3.42. The molecular formula is C27H29N5O2. The molecule has 0 radical (unpaired) electrons. The minimum atomic E-state index is -0.215. The number of carbonyl (C=O) groups is 1. The summed E-state index contributed by atoms with van der Waals surface area (Å²) < 4.78 is 0. The molecule has 0 spiro atoms. The number of nitrogens with one attached hydrogen (secondary N) is 1. The lowest BCUT2D eigenvalue weighted by molar-refractivity contribution is -0.110. The average Bonchev–Trinajstić information content (AvgIpc) is 3.08. The van der Waals surface area contributed by atoms with Crippen LogP contribution in [-0.4, -0.2) is 57.3 Å². The fourth-order valence-corrected chi connectivity index (χ4v) is 4.63. The molecule has 34 heavy (non-hydrogen) atoms. The Morgan fingerprint density at radius 3 is 2.76 bits per heavy atom. The molecular weight excluding hydrogens is 426 g/mol. The van der Waals surface area contributed by atoms with Crippen LogP contribution in [0.3, 0.4) is 0 Å². The fourth-order valence-electron chi connectivity index (χ4n) is 4.63. The maximum atomic E-state index is 13.1. The van der Waals surface area contributed by atoms with Crippen molar-refractivity contribution < 1.29 is 9.90 Å². The van der Waals surface area contributed by atoms with Crippen molar-refractivity contribution in [2.75, 3.05) is 25.0 Å². The van der Waals surface area contributed by atoms with Gasteiger partial charge in [-0.3, -0.25) is 24.7 Å². The molecule has 4 heterocycles. The first-order valence-corrected chi connectivity index (χ1v) is 11.9. The van der Waals surface area contributed by atoms with Gasteiger partial charge in [0.25, 0.3) is 5.91 Å². The zero-order chi connectivity index (χ0) is 23.3. The van der Waals surface area contributed by atoms with Crippen molar-refractivity contribution in [3.8, 4) is 11.1 Å². The van der Waals surface area contributed by atoms with E-state index in [0.717, 1.165) is 73.1 Å². The SMILES string of the molecule is O=C(Nc1cccnc1)C1=NCCCc2ccc(-c3cncc(CN4CCC(O)CC4)c3)cc21. The predicted octanol–water partition coefficient (Wildman–Crippen LogP) is 3.47. The Labute approximate surface area is 199 Å². The zero-order valence-electron chi connectivity index (χ0n) is 19.2. The first kappa shape index (κ1) is 22.4. The minimum Gasteiger partial charge on any atom is -0.393 e. The highest BCUT2D eigenvalue weighted by atomic mass is 16.3. The number of pyridine rings is 2. The molecule has 7 nitrogen and oxygen atoms in total. The summed E-state index contributed by atoms with van der Waals surface area (Å²) in [4.78, 5) is 28.7. The third-order valence-electron chi connectivity index (χ3n) is 6.47. The molecule has 2 aromatic heterocycles. The standard InChI is InChI=1S/C27H29N5O2/c33-24-7-11-32(12-8-24)18-19-13-22(16-29-15-19)21-6-5-20-3-1-10-30-26(25(20)14-21)27(34)31-23-4-2-9-28-17-23/h2,4-6,9,13-17,24,33H,1,3,7-8,10-12,18H2,(H,31,34). The average molecular weight is 456 g/mol. The van der Waals surface area contributed by atoms with Crippen LogP contribution in [-0.2, 0) is 17.8 Å². The Bertz CT molecular complexity index is 1190. The monoisotopic (exact) mass is 455 g/mol. The minimum absolute atomic E-state index is 0.175. The number of nitrogens with zero attached hydrogens (tertiary/aromatic N) is 4. The van der Waals surface area contributed by atoms with E-state index in [2.05, 4.69) is 49.4 Å². The van der Waals surface area contributed by atoms with Gasteiger partial charge in [-0.2, -0.15) is 0 Å². The van der Waals surface area contributed by atoms with E-state index in [-0.39, 0.29) is 12.0 Å². The van der Waals surface area contributed by atoms with Crippen LogP contribution in [0.5, 0.6) is 0 Å². The van der Waals surface area contributed by atoms with Crippen LogP contribution in [0.4, 0.5) is 5.69 Å². The highest BCUT2D eigenvalue weighted by molar-refractivity contribution is 6.49. The summed E-state index contributed by atoms with van der Waals surface area (Å²) >= 11 is 0. The number of piperidine rings is 1. The van der Waals surface area contributed by atoms with Crippen molar-refractivity contribution >= 4 is 17.3 Å². The molecule has 2 aliphatic heterocycles. The highest BCUT2D eigenvalue weighted by Crippen LogP contribution is 2.26. The van der Waals surface area contributed by atoms with Crippen molar-refractivity contribution in [3.63, 3.8) is 0 Å². The second-order valence-electron chi connectivity index (χ2n) is 8.99. The molecule has 0 unspecified atom stereocenters. The van der Waals surface area contributed by atoms with Gasteiger partial charge in [0, 0.05) is 55.9 Å². The number of aliphatic imine (C=N–C) groups is 1. The van der Waals surface area contributed by atoms with Gasteiger partial charge in [-0.1, -0.05) is 12.1 Å².